The van der Waals surface area contributed by atoms with Gasteiger partial charge in [0.2, 0.25) is 17.5 Å². The first-order valence-corrected chi connectivity index (χ1v) is 10.6. The number of fused-ring (bicyclic) bond motifs is 3. The van der Waals surface area contributed by atoms with Crippen molar-refractivity contribution in [3.8, 4) is 28.5 Å². The minimum atomic E-state index is -0.498. The van der Waals surface area contributed by atoms with E-state index < -0.39 is 11.5 Å². The molecule has 0 aliphatic heterocycles. The number of nitrogens with zero attached hydrogens (tertiary/aromatic N) is 3. The quantitative estimate of drug-likeness (QED) is 0.367. The Labute approximate surface area is 198 Å². The number of anilines is 1. The van der Waals surface area contributed by atoms with Gasteiger partial charge >= 0.3 is 0 Å². The van der Waals surface area contributed by atoms with Gasteiger partial charge in [0, 0.05) is 27.9 Å². The molecule has 2 aromatic carbocycles. The van der Waals surface area contributed by atoms with Crippen LogP contribution in [-0.2, 0) is 11.3 Å². The number of nitrogens with one attached hydrogen (secondary N) is 2. The van der Waals surface area contributed by atoms with Crippen molar-refractivity contribution < 1.29 is 23.5 Å². The van der Waals surface area contributed by atoms with Gasteiger partial charge in [-0.25, -0.2) is 4.68 Å². The van der Waals surface area contributed by atoms with E-state index in [0.29, 0.717) is 39.4 Å². The number of carbonyl (C=O) groups excluding carboxylic acids is 1. The number of rotatable bonds is 7. The van der Waals surface area contributed by atoms with E-state index in [1.165, 1.54) is 21.3 Å². The third-order valence-corrected chi connectivity index (χ3v) is 5.55. The van der Waals surface area contributed by atoms with E-state index in [1.54, 1.807) is 24.4 Å². The van der Waals surface area contributed by atoms with Gasteiger partial charge in [0.15, 0.2) is 11.5 Å². The van der Waals surface area contributed by atoms with Crippen LogP contribution in [0, 0.1) is 0 Å². The first-order valence-electron chi connectivity index (χ1n) is 10.6. The van der Waals surface area contributed by atoms with E-state index in [9.17, 15) is 9.59 Å². The van der Waals surface area contributed by atoms with Gasteiger partial charge in [-0.1, -0.05) is 23.4 Å². The van der Waals surface area contributed by atoms with Crippen molar-refractivity contribution in [2.24, 2.45) is 0 Å². The molecule has 0 aliphatic rings. The van der Waals surface area contributed by atoms with Crippen LogP contribution in [0.5, 0.6) is 17.2 Å². The number of carbonyl (C=O) groups is 1. The molecule has 0 unspecified atom stereocenters. The summed E-state index contributed by atoms with van der Waals surface area (Å²) in [5.41, 5.74) is 1.88. The molecule has 0 spiro atoms. The number of hydrogen-bond acceptors (Lipinski definition) is 8. The van der Waals surface area contributed by atoms with E-state index in [2.05, 4.69) is 20.6 Å². The molecule has 0 saturated heterocycles. The summed E-state index contributed by atoms with van der Waals surface area (Å²) in [6.07, 6.45) is 1.57. The molecule has 11 nitrogen and oxygen atoms in total. The van der Waals surface area contributed by atoms with Gasteiger partial charge in [-0.05, 0) is 18.2 Å². The largest absolute Gasteiger partial charge is 0.493 e. The van der Waals surface area contributed by atoms with Crippen LogP contribution in [0.3, 0.4) is 0 Å². The summed E-state index contributed by atoms with van der Waals surface area (Å²) in [6, 6.07) is 12.5. The zero-order valence-electron chi connectivity index (χ0n) is 19.1. The molecule has 0 aliphatic carbocycles. The molecule has 178 valence electrons. The van der Waals surface area contributed by atoms with Crippen molar-refractivity contribution in [3.63, 3.8) is 0 Å². The molecule has 0 bridgehead atoms. The molecule has 0 radical (unpaired) electrons. The lowest BCUT2D eigenvalue weighted by molar-refractivity contribution is -0.117. The minimum absolute atomic E-state index is 0.110. The number of H-pyrrole nitrogens is 1. The van der Waals surface area contributed by atoms with Gasteiger partial charge in [0.25, 0.3) is 5.56 Å². The normalized spacial score (nSPS) is 11.1. The molecule has 3 heterocycles. The molecule has 2 N–H and O–H groups in total. The fraction of sp³-hybridized carbons (Fsp3) is 0.167. The van der Waals surface area contributed by atoms with E-state index >= 15 is 0 Å². The van der Waals surface area contributed by atoms with E-state index in [4.69, 9.17) is 18.7 Å². The number of aromatic nitrogens is 4. The van der Waals surface area contributed by atoms with E-state index in [-0.39, 0.29) is 12.4 Å². The van der Waals surface area contributed by atoms with Crippen LogP contribution in [-0.4, -0.2) is 47.2 Å². The molecular formula is C24H21N5O6. The Morgan fingerprint density at radius 1 is 1.06 bits per heavy atom. The highest BCUT2D eigenvalue weighted by atomic mass is 16.5. The second kappa shape index (κ2) is 8.86. The van der Waals surface area contributed by atoms with Gasteiger partial charge in [0.05, 0.1) is 27.5 Å². The lowest BCUT2D eigenvalue weighted by atomic mass is 10.1. The SMILES string of the molecule is COc1cc(-c2cc(NC(=O)Cn3ncc4c([nH]c5ccccc54)c3=O)on2)cc(OC)c1OC. The van der Waals surface area contributed by atoms with Gasteiger partial charge < -0.3 is 23.7 Å². The summed E-state index contributed by atoms with van der Waals surface area (Å²) < 4.78 is 22.4. The van der Waals surface area contributed by atoms with Gasteiger partial charge in [-0.15, -0.1) is 0 Å². The maximum Gasteiger partial charge on any atom is 0.291 e. The molecule has 5 rings (SSSR count). The van der Waals surface area contributed by atoms with Crippen LogP contribution >= 0.6 is 0 Å². The number of hydrogen-bond donors (Lipinski definition) is 2. The number of methoxy groups -OCH3 is 3. The lowest BCUT2D eigenvalue weighted by Gasteiger charge is -2.13. The predicted octanol–water partition coefficient (Wildman–Crippen LogP) is 3.20. The van der Waals surface area contributed by atoms with E-state index in [1.807, 2.05) is 24.3 Å². The van der Waals surface area contributed by atoms with Crippen molar-refractivity contribution in [1.29, 1.82) is 0 Å². The summed E-state index contributed by atoms with van der Waals surface area (Å²) >= 11 is 0. The first-order chi connectivity index (χ1) is 17.0. The number of aromatic amines is 1. The summed E-state index contributed by atoms with van der Waals surface area (Å²) in [6.45, 7) is -0.301. The monoisotopic (exact) mass is 475 g/mol. The number of amides is 1. The first kappa shape index (κ1) is 22.0. The maximum absolute atomic E-state index is 12.9. The van der Waals surface area contributed by atoms with Crippen LogP contribution in [0.1, 0.15) is 0 Å². The highest BCUT2D eigenvalue weighted by Gasteiger charge is 2.18. The van der Waals surface area contributed by atoms with Crippen molar-refractivity contribution >= 4 is 33.6 Å². The molecule has 35 heavy (non-hydrogen) atoms. The van der Waals surface area contributed by atoms with Crippen molar-refractivity contribution in [3.05, 3.63) is 59.0 Å². The molecule has 1 amide bonds. The summed E-state index contributed by atoms with van der Waals surface area (Å²) in [5.74, 6) is 0.961. The Bertz CT molecular complexity index is 1590. The van der Waals surface area contributed by atoms with Crippen LogP contribution in [0.15, 0.2) is 58.0 Å². The average molecular weight is 475 g/mol. The highest BCUT2D eigenvalue weighted by molar-refractivity contribution is 6.06. The maximum atomic E-state index is 12.9. The van der Waals surface area contributed by atoms with Gasteiger partial charge in [0.1, 0.15) is 17.8 Å². The number of ether oxygens (including phenoxy) is 3. The predicted molar refractivity (Wildman–Crippen MR) is 128 cm³/mol. The molecule has 0 saturated carbocycles. The van der Waals surface area contributed by atoms with Crippen LogP contribution in [0.25, 0.3) is 33.1 Å². The zero-order valence-corrected chi connectivity index (χ0v) is 19.1. The molecular weight excluding hydrogens is 454 g/mol. The molecule has 0 fully saturated rings. The standard InChI is InChI=1S/C24H21N5O6/c1-32-18-8-13(9-19(33-2)23(18)34-3)17-10-21(35-28-17)27-20(30)12-29-24(31)22-15(11-25-29)14-6-4-5-7-16(14)26-22/h4-11,26H,12H2,1-3H3,(H,27,30). The van der Waals surface area contributed by atoms with Crippen molar-refractivity contribution in [2.75, 3.05) is 26.6 Å². The van der Waals surface area contributed by atoms with E-state index in [0.717, 1.165) is 15.6 Å². The lowest BCUT2D eigenvalue weighted by Crippen LogP contribution is -2.29. The smallest absolute Gasteiger partial charge is 0.291 e. The Morgan fingerprint density at radius 2 is 1.80 bits per heavy atom. The van der Waals surface area contributed by atoms with Crippen LogP contribution in [0.4, 0.5) is 5.88 Å². The second-order valence-electron chi connectivity index (χ2n) is 7.61. The average Bonchev–Trinajstić information content (AvgIpc) is 3.49. The van der Waals surface area contributed by atoms with Crippen molar-refractivity contribution in [2.45, 2.75) is 6.54 Å². The summed E-state index contributed by atoms with van der Waals surface area (Å²) in [7, 11) is 4.54. The second-order valence-corrected chi connectivity index (χ2v) is 7.61. The summed E-state index contributed by atoms with van der Waals surface area (Å²) in [4.78, 5) is 28.6. The molecule has 0 atom stereocenters. The Kier molecular flexibility index (Phi) is 5.57. The molecule has 11 heteroatoms. The van der Waals surface area contributed by atoms with Crippen molar-refractivity contribution in [1.82, 2.24) is 19.9 Å². The molecule has 5 aromatic rings. The zero-order chi connectivity index (χ0) is 24.5. The fourth-order valence-electron chi connectivity index (χ4n) is 3.90. The fourth-order valence-corrected chi connectivity index (χ4v) is 3.90. The summed E-state index contributed by atoms with van der Waals surface area (Å²) in [5, 5.41) is 12.4. The van der Waals surface area contributed by atoms with Gasteiger partial charge in [-0.2, -0.15) is 5.10 Å². The Balaban J connectivity index is 1.36. The van der Waals surface area contributed by atoms with Gasteiger partial charge in [-0.3, -0.25) is 14.9 Å². The third-order valence-electron chi connectivity index (χ3n) is 5.55. The number of benzene rings is 2. The third kappa shape index (κ3) is 3.92. The Hall–Kier alpha value is -4.80. The highest BCUT2D eigenvalue weighted by Crippen LogP contribution is 2.41. The number of para-hydroxylation sites is 1. The Morgan fingerprint density at radius 3 is 2.51 bits per heavy atom. The van der Waals surface area contributed by atoms with Crippen LogP contribution < -0.4 is 25.1 Å². The van der Waals surface area contributed by atoms with Crippen LogP contribution in [0.2, 0.25) is 0 Å². The minimum Gasteiger partial charge on any atom is -0.493 e. The molecule has 3 aromatic heterocycles. The topological polar surface area (TPSA) is 134 Å².